The van der Waals surface area contributed by atoms with Crippen LogP contribution in [0.1, 0.15) is 25.5 Å². The van der Waals surface area contributed by atoms with Gasteiger partial charge >= 0.3 is 5.69 Å². The van der Waals surface area contributed by atoms with Crippen molar-refractivity contribution in [3.63, 3.8) is 0 Å². The lowest BCUT2D eigenvalue weighted by atomic mass is 10.2. The lowest BCUT2D eigenvalue weighted by Gasteiger charge is -2.23. The molecule has 0 amide bonds. The van der Waals surface area contributed by atoms with Crippen molar-refractivity contribution in [2.24, 2.45) is 0 Å². The highest BCUT2D eigenvalue weighted by Crippen LogP contribution is 2.20. The van der Waals surface area contributed by atoms with Crippen molar-refractivity contribution in [2.45, 2.75) is 25.5 Å². The van der Waals surface area contributed by atoms with Crippen LogP contribution in [0, 0.1) is 0 Å². The highest BCUT2D eigenvalue weighted by Gasteiger charge is 2.17. The minimum atomic E-state index is -0.318. The van der Waals surface area contributed by atoms with Crippen molar-refractivity contribution >= 4 is 0 Å². The fraction of sp³-hybridized carbons (Fsp3) is 0.600. The molecule has 0 aliphatic carbocycles. The van der Waals surface area contributed by atoms with Crippen LogP contribution in [0.4, 0.5) is 0 Å². The van der Waals surface area contributed by atoms with Crippen molar-refractivity contribution in [3.05, 3.63) is 22.7 Å². The maximum absolute atomic E-state index is 11.6. The van der Waals surface area contributed by atoms with Crippen molar-refractivity contribution in [1.82, 2.24) is 9.55 Å². The SMILES string of the molecule is COc1ccn([C@H]2CCCCO2)c(=O)n1. The van der Waals surface area contributed by atoms with Gasteiger partial charge in [0.2, 0.25) is 5.88 Å². The van der Waals surface area contributed by atoms with E-state index in [0.717, 1.165) is 19.3 Å². The summed E-state index contributed by atoms with van der Waals surface area (Å²) in [6.45, 7) is 0.711. The predicted molar refractivity (Wildman–Crippen MR) is 53.9 cm³/mol. The first-order valence-corrected chi connectivity index (χ1v) is 5.06. The zero-order valence-corrected chi connectivity index (χ0v) is 8.68. The Hall–Kier alpha value is -1.36. The smallest absolute Gasteiger partial charge is 0.352 e. The lowest BCUT2D eigenvalue weighted by Crippen LogP contribution is -2.30. The molecular weight excluding hydrogens is 196 g/mol. The molecule has 1 aromatic rings. The normalized spacial score (nSPS) is 21.3. The molecule has 2 heterocycles. The van der Waals surface area contributed by atoms with E-state index in [1.807, 2.05) is 0 Å². The van der Waals surface area contributed by atoms with Crippen LogP contribution in [0.2, 0.25) is 0 Å². The highest BCUT2D eigenvalue weighted by molar-refractivity contribution is 5.05. The van der Waals surface area contributed by atoms with Crippen molar-refractivity contribution in [3.8, 4) is 5.88 Å². The standard InChI is InChI=1S/C10H14N2O3/c1-14-8-5-6-12(10(13)11-8)9-4-2-3-7-15-9/h5-6,9H,2-4,7H2,1H3/t9-/m1/s1. The average molecular weight is 210 g/mol. The van der Waals surface area contributed by atoms with Gasteiger partial charge in [-0.05, 0) is 19.3 Å². The zero-order valence-electron chi connectivity index (χ0n) is 8.68. The Morgan fingerprint density at radius 2 is 2.47 bits per heavy atom. The van der Waals surface area contributed by atoms with Gasteiger partial charge in [-0.2, -0.15) is 4.98 Å². The summed E-state index contributed by atoms with van der Waals surface area (Å²) in [5, 5.41) is 0. The van der Waals surface area contributed by atoms with Crippen LogP contribution in [-0.2, 0) is 4.74 Å². The number of nitrogens with zero attached hydrogens (tertiary/aromatic N) is 2. The summed E-state index contributed by atoms with van der Waals surface area (Å²) in [5.41, 5.74) is -0.318. The summed E-state index contributed by atoms with van der Waals surface area (Å²) >= 11 is 0. The van der Waals surface area contributed by atoms with Gasteiger partial charge in [-0.15, -0.1) is 0 Å². The molecule has 0 N–H and O–H groups in total. The summed E-state index contributed by atoms with van der Waals surface area (Å²) in [6, 6.07) is 1.67. The zero-order chi connectivity index (χ0) is 10.7. The Morgan fingerprint density at radius 3 is 3.07 bits per heavy atom. The van der Waals surface area contributed by atoms with Gasteiger partial charge in [0.1, 0.15) is 6.23 Å². The summed E-state index contributed by atoms with van der Waals surface area (Å²) in [6.07, 6.45) is 4.53. The predicted octanol–water partition coefficient (Wildman–Crippen LogP) is 0.951. The second-order valence-corrected chi connectivity index (χ2v) is 3.48. The van der Waals surface area contributed by atoms with E-state index < -0.39 is 0 Å². The van der Waals surface area contributed by atoms with E-state index in [2.05, 4.69) is 4.98 Å². The van der Waals surface area contributed by atoms with E-state index in [9.17, 15) is 4.79 Å². The summed E-state index contributed by atoms with van der Waals surface area (Å²) in [7, 11) is 1.49. The maximum Gasteiger partial charge on any atom is 0.352 e. The minimum absolute atomic E-state index is 0.162. The molecule has 1 aromatic heterocycles. The molecule has 1 saturated heterocycles. The van der Waals surface area contributed by atoms with Crippen LogP contribution in [0.5, 0.6) is 5.88 Å². The molecule has 82 valence electrons. The van der Waals surface area contributed by atoms with Crippen LogP contribution < -0.4 is 10.4 Å². The molecule has 0 saturated carbocycles. The molecule has 15 heavy (non-hydrogen) atoms. The summed E-state index contributed by atoms with van der Waals surface area (Å²) in [4.78, 5) is 15.4. The monoisotopic (exact) mass is 210 g/mol. The first-order valence-electron chi connectivity index (χ1n) is 5.06. The third-order valence-corrected chi connectivity index (χ3v) is 2.48. The number of aromatic nitrogens is 2. The Labute approximate surface area is 87.7 Å². The average Bonchev–Trinajstić information content (AvgIpc) is 2.30. The molecule has 1 aliphatic rings. The Bertz CT molecular complexity index is 382. The largest absolute Gasteiger partial charge is 0.481 e. The number of methoxy groups -OCH3 is 1. The lowest BCUT2D eigenvalue weighted by molar-refractivity contribution is -0.0349. The molecule has 1 atom stereocenters. The molecule has 5 heteroatoms. The maximum atomic E-state index is 11.6. The first kappa shape index (κ1) is 10.2. The molecule has 0 unspecified atom stereocenters. The van der Waals surface area contributed by atoms with E-state index in [1.165, 1.54) is 11.7 Å². The van der Waals surface area contributed by atoms with Crippen LogP contribution in [0.15, 0.2) is 17.1 Å². The number of hydrogen-bond acceptors (Lipinski definition) is 4. The molecule has 2 rings (SSSR count). The van der Waals surface area contributed by atoms with Gasteiger partial charge in [0, 0.05) is 18.9 Å². The van der Waals surface area contributed by atoms with Gasteiger partial charge in [0.05, 0.1) is 7.11 Å². The van der Waals surface area contributed by atoms with Crippen molar-refractivity contribution in [1.29, 1.82) is 0 Å². The van der Waals surface area contributed by atoms with Crippen molar-refractivity contribution < 1.29 is 9.47 Å². The van der Waals surface area contributed by atoms with E-state index in [0.29, 0.717) is 12.5 Å². The van der Waals surface area contributed by atoms with Crippen LogP contribution in [0.3, 0.4) is 0 Å². The third kappa shape index (κ3) is 2.18. The quantitative estimate of drug-likeness (QED) is 0.729. The Balaban J connectivity index is 2.24. The number of rotatable bonds is 2. The van der Waals surface area contributed by atoms with Gasteiger partial charge < -0.3 is 9.47 Å². The number of ether oxygens (including phenoxy) is 2. The van der Waals surface area contributed by atoms with Gasteiger partial charge in [-0.1, -0.05) is 0 Å². The molecular formula is C10H14N2O3. The number of hydrogen-bond donors (Lipinski definition) is 0. The van der Waals surface area contributed by atoms with E-state index >= 15 is 0 Å². The van der Waals surface area contributed by atoms with Crippen LogP contribution in [-0.4, -0.2) is 23.3 Å². The van der Waals surface area contributed by atoms with Gasteiger partial charge in [0.15, 0.2) is 0 Å². The van der Waals surface area contributed by atoms with Gasteiger partial charge in [-0.3, -0.25) is 4.57 Å². The third-order valence-electron chi connectivity index (χ3n) is 2.48. The topological polar surface area (TPSA) is 53.4 Å². The Morgan fingerprint density at radius 1 is 1.60 bits per heavy atom. The molecule has 0 bridgehead atoms. The van der Waals surface area contributed by atoms with Crippen molar-refractivity contribution in [2.75, 3.05) is 13.7 Å². The molecule has 0 radical (unpaired) electrons. The second kappa shape index (κ2) is 4.44. The first-order chi connectivity index (χ1) is 7.31. The van der Waals surface area contributed by atoms with Crippen LogP contribution in [0.25, 0.3) is 0 Å². The Kier molecular flexibility index (Phi) is 3.01. The minimum Gasteiger partial charge on any atom is -0.481 e. The van der Waals surface area contributed by atoms with Gasteiger partial charge in [0.25, 0.3) is 0 Å². The van der Waals surface area contributed by atoms with E-state index in [1.54, 1.807) is 12.3 Å². The highest BCUT2D eigenvalue weighted by atomic mass is 16.5. The summed E-state index contributed by atoms with van der Waals surface area (Å²) < 4.78 is 11.9. The van der Waals surface area contributed by atoms with Gasteiger partial charge in [-0.25, -0.2) is 4.79 Å². The van der Waals surface area contributed by atoms with E-state index in [-0.39, 0.29) is 11.9 Å². The fourth-order valence-corrected chi connectivity index (χ4v) is 1.67. The van der Waals surface area contributed by atoms with E-state index in [4.69, 9.17) is 9.47 Å². The summed E-state index contributed by atoms with van der Waals surface area (Å²) in [5.74, 6) is 0.340. The fourth-order valence-electron chi connectivity index (χ4n) is 1.67. The molecule has 5 nitrogen and oxygen atoms in total. The molecule has 0 aromatic carbocycles. The molecule has 0 spiro atoms. The van der Waals surface area contributed by atoms with Crippen LogP contribution >= 0.6 is 0 Å². The second-order valence-electron chi connectivity index (χ2n) is 3.48. The molecule has 1 fully saturated rings. The molecule has 1 aliphatic heterocycles.